The molecule has 1 amide bonds. The van der Waals surface area contributed by atoms with Crippen molar-refractivity contribution >= 4 is 45.1 Å². The molecule has 0 saturated carbocycles. The highest BCUT2D eigenvalue weighted by Crippen LogP contribution is 2.33. The molecule has 2 aliphatic rings. The Morgan fingerprint density at radius 1 is 0.860 bits per heavy atom. The number of hydrogen-bond donors (Lipinski definition) is 1. The molecule has 0 spiro atoms. The van der Waals surface area contributed by atoms with Gasteiger partial charge in [-0.2, -0.15) is 5.26 Å². The number of aromatic nitrogens is 1. The largest absolute Gasteiger partial charge is 0.368 e. The second kappa shape index (κ2) is 13.9. The predicted octanol–water partition coefficient (Wildman–Crippen LogP) is 5.82. The Kier molecular flexibility index (Phi) is 9.61. The molecule has 2 aliphatic heterocycles. The molecular weight excluding hydrogens is 647 g/mol. The number of carbonyl (C=O) groups excluding carboxylic acids is 1. The maximum absolute atomic E-state index is 13.1. The lowest BCUT2D eigenvalue weighted by molar-refractivity contribution is 0.0952. The number of anilines is 1. The SMILES string of the molecule is N#Cc1cc(C(=O)NCCCN2CCCC2)cc(-c2ccccc2N2CCN(CCn3cc(I)c4ccccc43)CC2)c1. The van der Waals surface area contributed by atoms with Crippen molar-refractivity contribution in [3.8, 4) is 17.2 Å². The molecule has 0 unspecified atom stereocenters. The van der Waals surface area contributed by atoms with E-state index in [0.717, 1.165) is 69.0 Å². The highest BCUT2D eigenvalue weighted by molar-refractivity contribution is 14.1. The third-order valence-corrected chi connectivity index (χ3v) is 9.64. The monoisotopic (exact) mass is 686 g/mol. The van der Waals surface area contributed by atoms with Gasteiger partial charge in [-0.05, 0) is 97.4 Å². The minimum Gasteiger partial charge on any atom is -0.368 e. The van der Waals surface area contributed by atoms with Gasteiger partial charge < -0.3 is 19.7 Å². The Labute approximate surface area is 268 Å². The summed E-state index contributed by atoms with van der Waals surface area (Å²) in [4.78, 5) is 20.5. The molecule has 3 aromatic carbocycles. The number of nitriles is 1. The number of likely N-dealkylation sites (tertiary alicyclic amines) is 1. The maximum Gasteiger partial charge on any atom is 0.251 e. The summed E-state index contributed by atoms with van der Waals surface area (Å²) in [7, 11) is 0. The fourth-order valence-electron chi connectivity index (χ4n) is 6.43. The van der Waals surface area contributed by atoms with Gasteiger partial charge in [-0.1, -0.05) is 36.4 Å². The quantitative estimate of drug-likeness (QED) is 0.168. The van der Waals surface area contributed by atoms with E-state index in [9.17, 15) is 10.1 Å². The Hall–Kier alpha value is -3.39. The summed E-state index contributed by atoms with van der Waals surface area (Å²) in [6, 6.07) is 24.8. The van der Waals surface area contributed by atoms with Gasteiger partial charge in [0.2, 0.25) is 0 Å². The molecule has 4 aromatic rings. The fourth-order valence-corrected chi connectivity index (χ4v) is 7.23. The second-order valence-electron chi connectivity index (χ2n) is 11.6. The number of fused-ring (bicyclic) bond motifs is 1. The van der Waals surface area contributed by atoms with Gasteiger partial charge in [0.1, 0.15) is 0 Å². The zero-order chi connectivity index (χ0) is 29.6. The topological polar surface area (TPSA) is 67.5 Å². The number of amides is 1. The number of nitrogens with zero attached hydrogens (tertiary/aromatic N) is 5. The van der Waals surface area contributed by atoms with E-state index in [1.54, 1.807) is 6.07 Å². The first kappa shape index (κ1) is 29.7. The normalized spacial score (nSPS) is 16.0. The van der Waals surface area contributed by atoms with Gasteiger partial charge in [0.15, 0.2) is 0 Å². The van der Waals surface area contributed by atoms with Crippen LogP contribution in [-0.4, -0.2) is 79.2 Å². The van der Waals surface area contributed by atoms with Gasteiger partial charge in [-0.3, -0.25) is 9.69 Å². The summed E-state index contributed by atoms with van der Waals surface area (Å²) in [5, 5.41) is 14.2. The van der Waals surface area contributed by atoms with Crippen molar-refractivity contribution in [1.82, 2.24) is 19.7 Å². The molecule has 0 bridgehead atoms. The fraction of sp³-hybridized carbons (Fsp3) is 0.371. The molecule has 0 aliphatic carbocycles. The van der Waals surface area contributed by atoms with E-state index in [4.69, 9.17) is 0 Å². The van der Waals surface area contributed by atoms with E-state index in [0.29, 0.717) is 17.7 Å². The minimum absolute atomic E-state index is 0.115. The zero-order valence-corrected chi connectivity index (χ0v) is 26.8. The second-order valence-corrected chi connectivity index (χ2v) is 12.8. The Morgan fingerprint density at radius 2 is 1.60 bits per heavy atom. The van der Waals surface area contributed by atoms with E-state index >= 15 is 0 Å². The van der Waals surface area contributed by atoms with Crippen molar-refractivity contribution < 1.29 is 4.79 Å². The molecule has 0 atom stereocenters. The first-order valence-electron chi connectivity index (χ1n) is 15.4. The molecule has 0 radical (unpaired) electrons. The average molecular weight is 687 g/mol. The predicted molar refractivity (Wildman–Crippen MR) is 183 cm³/mol. The molecule has 1 N–H and O–H groups in total. The lowest BCUT2D eigenvalue weighted by Gasteiger charge is -2.37. The summed E-state index contributed by atoms with van der Waals surface area (Å²) in [5.41, 5.74) is 5.47. The molecule has 6 rings (SSSR count). The smallest absolute Gasteiger partial charge is 0.251 e. The Bertz CT molecular complexity index is 1610. The first-order valence-corrected chi connectivity index (χ1v) is 16.5. The van der Waals surface area contributed by atoms with Gasteiger partial charge in [-0.25, -0.2) is 0 Å². The standard InChI is InChI=1S/C35H39IN6O/c36-32-26-42(34-11-4-2-9-31(32)34)21-18-40-16-19-41(20-17-40)33-10-3-1-8-30(33)28-22-27(25-37)23-29(24-28)35(43)38-12-7-15-39-13-5-6-14-39/h1-4,8-11,22-24,26H,5-7,12-21H2,(H,38,43). The summed E-state index contributed by atoms with van der Waals surface area (Å²) < 4.78 is 3.68. The van der Waals surface area contributed by atoms with Crippen molar-refractivity contribution in [3.63, 3.8) is 0 Å². The molecule has 1 aromatic heterocycles. The third kappa shape index (κ3) is 7.06. The molecule has 2 saturated heterocycles. The van der Waals surface area contributed by atoms with Crippen LogP contribution in [0.3, 0.4) is 0 Å². The van der Waals surface area contributed by atoms with Gasteiger partial charge in [0, 0.05) is 83.3 Å². The van der Waals surface area contributed by atoms with Crippen molar-refractivity contribution in [3.05, 3.63) is 87.6 Å². The van der Waals surface area contributed by atoms with Crippen LogP contribution in [0, 0.1) is 14.9 Å². The number of benzene rings is 3. The third-order valence-electron chi connectivity index (χ3n) is 8.78. The van der Waals surface area contributed by atoms with Gasteiger partial charge in [0.05, 0.1) is 11.6 Å². The molecule has 3 heterocycles. The van der Waals surface area contributed by atoms with Crippen molar-refractivity contribution in [2.75, 3.05) is 63.8 Å². The van der Waals surface area contributed by atoms with Crippen LogP contribution in [-0.2, 0) is 6.54 Å². The van der Waals surface area contributed by atoms with Crippen LogP contribution >= 0.6 is 22.6 Å². The molecule has 222 valence electrons. The van der Waals surface area contributed by atoms with E-state index < -0.39 is 0 Å². The molecule has 43 heavy (non-hydrogen) atoms. The lowest BCUT2D eigenvalue weighted by atomic mass is 9.97. The minimum atomic E-state index is -0.115. The number of rotatable bonds is 10. The van der Waals surface area contributed by atoms with E-state index in [1.165, 1.54) is 40.4 Å². The lowest BCUT2D eigenvalue weighted by Crippen LogP contribution is -2.47. The van der Waals surface area contributed by atoms with Crippen LogP contribution in [0.25, 0.3) is 22.0 Å². The van der Waals surface area contributed by atoms with Crippen molar-refractivity contribution in [1.29, 1.82) is 5.26 Å². The van der Waals surface area contributed by atoms with E-state index in [-0.39, 0.29) is 5.91 Å². The number of carbonyl (C=O) groups is 1. The summed E-state index contributed by atoms with van der Waals surface area (Å²) >= 11 is 2.43. The zero-order valence-electron chi connectivity index (χ0n) is 24.6. The van der Waals surface area contributed by atoms with Crippen molar-refractivity contribution in [2.45, 2.75) is 25.8 Å². The number of halogens is 1. The maximum atomic E-state index is 13.1. The highest BCUT2D eigenvalue weighted by Gasteiger charge is 2.21. The highest BCUT2D eigenvalue weighted by atomic mass is 127. The number of nitrogens with one attached hydrogen (secondary N) is 1. The number of piperazine rings is 1. The molecule has 2 fully saturated rings. The summed E-state index contributed by atoms with van der Waals surface area (Å²) in [6.07, 6.45) is 5.75. The van der Waals surface area contributed by atoms with Crippen LogP contribution in [0.15, 0.2) is 72.9 Å². The van der Waals surface area contributed by atoms with Crippen LogP contribution in [0.1, 0.15) is 35.2 Å². The Morgan fingerprint density at radius 3 is 2.42 bits per heavy atom. The first-order chi connectivity index (χ1) is 21.1. The van der Waals surface area contributed by atoms with E-state index in [2.05, 4.69) is 102 Å². The van der Waals surface area contributed by atoms with E-state index in [1.807, 2.05) is 18.2 Å². The molecular formula is C35H39IN6O. The van der Waals surface area contributed by atoms with Crippen LogP contribution in [0.2, 0.25) is 0 Å². The average Bonchev–Trinajstić information content (AvgIpc) is 3.70. The number of hydrogen-bond acceptors (Lipinski definition) is 5. The number of para-hydroxylation sites is 2. The molecule has 8 heteroatoms. The van der Waals surface area contributed by atoms with Gasteiger partial charge in [0.25, 0.3) is 5.91 Å². The summed E-state index contributed by atoms with van der Waals surface area (Å²) in [5.74, 6) is -0.115. The van der Waals surface area contributed by atoms with Crippen LogP contribution in [0.4, 0.5) is 5.69 Å². The van der Waals surface area contributed by atoms with Crippen molar-refractivity contribution in [2.24, 2.45) is 0 Å². The van der Waals surface area contributed by atoms with Crippen LogP contribution < -0.4 is 10.2 Å². The van der Waals surface area contributed by atoms with Gasteiger partial charge >= 0.3 is 0 Å². The molecule has 7 nitrogen and oxygen atoms in total. The van der Waals surface area contributed by atoms with Gasteiger partial charge in [-0.15, -0.1) is 0 Å². The van der Waals surface area contributed by atoms with Crippen LogP contribution in [0.5, 0.6) is 0 Å². The Balaban J connectivity index is 1.10. The summed E-state index contributed by atoms with van der Waals surface area (Å²) in [6.45, 7) is 9.85.